The molecule has 0 fully saturated rings. The largest absolute Gasteiger partial charge is 0.494 e. The first-order chi connectivity index (χ1) is 16.0. The first-order valence-corrected chi connectivity index (χ1v) is 11.9. The molecule has 1 aromatic heterocycles. The number of para-hydroxylation sites is 1. The van der Waals surface area contributed by atoms with Crippen LogP contribution in [0, 0.1) is 0 Å². The smallest absolute Gasteiger partial charge is 0.264 e. The Morgan fingerprint density at radius 1 is 0.939 bits per heavy atom. The summed E-state index contributed by atoms with van der Waals surface area (Å²) < 4.78 is 33.4. The number of amides is 1. The van der Waals surface area contributed by atoms with Gasteiger partial charge in [-0.05, 0) is 55.5 Å². The minimum atomic E-state index is -3.99. The molecule has 0 aliphatic heterocycles. The highest BCUT2D eigenvalue weighted by atomic mass is 32.2. The summed E-state index contributed by atoms with van der Waals surface area (Å²) in [6.45, 7) is 1.95. The van der Waals surface area contributed by atoms with Crippen molar-refractivity contribution >= 4 is 38.2 Å². The van der Waals surface area contributed by atoms with Gasteiger partial charge in [-0.1, -0.05) is 36.4 Å². The zero-order valence-electron chi connectivity index (χ0n) is 18.0. The summed E-state index contributed by atoms with van der Waals surface area (Å²) >= 11 is 0. The van der Waals surface area contributed by atoms with E-state index in [1.807, 2.05) is 31.2 Å². The second-order valence-corrected chi connectivity index (χ2v) is 9.04. The summed E-state index contributed by atoms with van der Waals surface area (Å²) in [6.07, 6.45) is 1.64. The Labute approximate surface area is 192 Å². The van der Waals surface area contributed by atoms with E-state index in [1.54, 1.807) is 54.7 Å². The molecule has 1 heterocycles. The van der Waals surface area contributed by atoms with E-state index in [0.29, 0.717) is 29.2 Å². The zero-order valence-corrected chi connectivity index (χ0v) is 18.8. The number of anilines is 2. The maximum atomic E-state index is 13.4. The maximum absolute atomic E-state index is 13.4. The summed E-state index contributed by atoms with van der Waals surface area (Å²) in [7, 11) is -3.99. The number of benzene rings is 3. The molecule has 0 saturated carbocycles. The first-order valence-electron chi connectivity index (χ1n) is 10.4. The summed E-state index contributed by atoms with van der Waals surface area (Å²) in [5.74, 6) is 0.131. The van der Waals surface area contributed by atoms with Gasteiger partial charge in [-0.3, -0.25) is 14.1 Å². The number of ether oxygens (including phenoxy) is 1. The Balaban J connectivity index is 1.66. The normalized spacial score (nSPS) is 11.2. The topological polar surface area (TPSA) is 88.6 Å². The second-order valence-electron chi connectivity index (χ2n) is 7.18. The summed E-state index contributed by atoms with van der Waals surface area (Å²) in [4.78, 5) is 17.4. The molecular formula is C25H23N3O4S. The van der Waals surface area contributed by atoms with Gasteiger partial charge in [-0.2, -0.15) is 0 Å². The molecule has 0 saturated heterocycles. The summed E-state index contributed by atoms with van der Waals surface area (Å²) in [5, 5.41) is 3.68. The van der Waals surface area contributed by atoms with Crippen LogP contribution in [0.1, 0.15) is 6.92 Å². The van der Waals surface area contributed by atoms with Crippen molar-refractivity contribution in [3.8, 4) is 5.75 Å². The number of nitrogens with one attached hydrogen (secondary N) is 1. The summed E-state index contributed by atoms with van der Waals surface area (Å²) in [5.41, 5.74) is 1.50. The van der Waals surface area contributed by atoms with E-state index >= 15 is 0 Å². The molecule has 0 aliphatic carbocycles. The highest BCUT2D eigenvalue weighted by molar-refractivity contribution is 7.92. The van der Waals surface area contributed by atoms with Crippen LogP contribution in [0.15, 0.2) is 96.0 Å². The molecule has 8 heteroatoms. The average molecular weight is 462 g/mol. The number of hydrogen-bond acceptors (Lipinski definition) is 5. The molecular weight excluding hydrogens is 438 g/mol. The van der Waals surface area contributed by atoms with E-state index in [-0.39, 0.29) is 4.90 Å². The predicted molar refractivity (Wildman–Crippen MR) is 129 cm³/mol. The fourth-order valence-electron chi connectivity index (χ4n) is 3.44. The molecule has 0 spiro atoms. The van der Waals surface area contributed by atoms with Crippen LogP contribution in [0.25, 0.3) is 10.9 Å². The van der Waals surface area contributed by atoms with Gasteiger partial charge in [0.05, 0.1) is 28.4 Å². The molecule has 7 nitrogen and oxygen atoms in total. The van der Waals surface area contributed by atoms with E-state index in [1.165, 1.54) is 12.1 Å². The summed E-state index contributed by atoms with van der Waals surface area (Å²) in [6, 6.07) is 23.8. The Morgan fingerprint density at radius 2 is 1.67 bits per heavy atom. The van der Waals surface area contributed by atoms with Crippen LogP contribution in [0.4, 0.5) is 11.4 Å². The van der Waals surface area contributed by atoms with Crippen LogP contribution in [-0.4, -0.2) is 32.5 Å². The molecule has 0 aliphatic rings. The van der Waals surface area contributed by atoms with Crippen molar-refractivity contribution in [2.45, 2.75) is 11.8 Å². The van der Waals surface area contributed by atoms with Gasteiger partial charge in [0.15, 0.2) is 0 Å². The van der Waals surface area contributed by atoms with Gasteiger partial charge < -0.3 is 10.1 Å². The average Bonchev–Trinajstić information content (AvgIpc) is 2.84. The number of nitrogens with zero attached hydrogens (tertiary/aromatic N) is 2. The molecule has 3 aromatic carbocycles. The molecule has 1 amide bonds. The third kappa shape index (κ3) is 4.96. The SMILES string of the molecule is CCOc1ccc(N(CC(=O)Nc2cccc3cccnc23)S(=O)(=O)c2ccccc2)cc1. The number of pyridine rings is 1. The molecule has 4 aromatic rings. The lowest BCUT2D eigenvalue weighted by Gasteiger charge is -2.24. The molecule has 1 N–H and O–H groups in total. The van der Waals surface area contributed by atoms with Gasteiger partial charge >= 0.3 is 0 Å². The monoisotopic (exact) mass is 461 g/mol. The minimum absolute atomic E-state index is 0.0958. The van der Waals surface area contributed by atoms with Crippen molar-refractivity contribution in [2.24, 2.45) is 0 Å². The fraction of sp³-hybridized carbons (Fsp3) is 0.120. The van der Waals surface area contributed by atoms with Gasteiger partial charge in [0.2, 0.25) is 5.91 Å². The van der Waals surface area contributed by atoms with Crippen molar-refractivity contribution in [1.29, 1.82) is 0 Å². The molecule has 33 heavy (non-hydrogen) atoms. The molecule has 0 atom stereocenters. The highest BCUT2D eigenvalue weighted by Gasteiger charge is 2.27. The number of carbonyl (C=O) groups is 1. The maximum Gasteiger partial charge on any atom is 0.264 e. The number of hydrogen-bond donors (Lipinski definition) is 1. The van der Waals surface area contributed by atoms with Crippen LogP contribution < -0.4 is 14.4 Å². The van der Waals surface area contributed by atoms with E-state index in [2.05, 4.69) is 10.3 Å². The molecule has 0 unspecified atom stereocenters. The first kappa shape index (κ1) is 22.3. The van der Waals surface area contributed by atoms with Crippen molar-refractivity contribution < 1.29 is 17.9 Å². The Hall–Kier alpha value is -3.91. The van der Waals surface area contributed by atoms with Crippen LogP contribution in [0.3, 0.4) is 0 Å². The number of sulfonamides is 1. The lowest BCUT2D eigenvalue weighted by atomic mass is 10.2. The van der Waals surface area contributed by atoms with Crippen LogP contribution in [-0.2, 0) is 14.8 Å². The zero-order chi connectivity index (χ0) is 23.3. The molecule has 168 valence electrons. The molecule has 0 radical (unpaired) electrons. The number of fused-ring (bicyclic) bond motifs is 1. The van der Waals surface area contributed by atoms with Crippen LogP contribution in [0.2, 0.25) is 0 Å². The van der Waals surface area contributed by atoms with Crippen molar-refractivity contribution in [2.75, 3.05) is 22.8 Å². The molecule has 4 rings (SSSR count). The van der Waals surface area contributed by atoms with Crippen LogP contribution >= 0.6 is 0 Å². The lowest BCUT2D eigenvalue weighted by Crippen LogP contribution is -2.38. The van der Waals surface area contributed by atoms with Gasteiger partial charge in [0.25, 0.3) is 10.0 Å². The lowest BCUT2D eigenvalue weighted by molar-refractivity contribution is -0.114. The van der Waals surface area contributed by atoms with E-state index in [9.17, 15) is 13.2 Å². The van der Waals surface area contributed by atoms with E-state index < -0.39 is 22.5 Å². The standard InChI is InChI=1S/C25H23N3O4S/c1-2-32-21-15-13-20(14-16-21)28(33(30,31)22-10-4-3-5-11-22)18-24(29)27-23-12-6-8-19-9-7-17-26-25(19)23/h3-17H,2,18H2,1H3,(H,27,29). The quantitative estimate of drug-likeness (QED) is 0.418. The highest BCUT2D eigenvalue weighted by Crippen LogP contribution is 2.26. The Kier molecular flexibility index (Phi) is 6.55. The Morgan fingerprint density at radius 3 is 2.39 bits per heavy atom. The third-order valence-corrected chi connectivity index (χ3v) is 6.75. The van der Waals surface area contributed by atoms with E-state index in [0.717, 1.165) is 9.69 Å². The minimum Gasteiger partial charge on any atom is -0.494 e. The van der Waals surface area contributed by atoms with Gasteiger partial charge in [0, 0.05) is 11.6 Å². The van der Waals surface area contributed by atoms with Crippen LogP contribution in [0.5, 0.6) is 5.75 Å². The third-order valence-electron chi connectivity index (χ3n) is 4.96. The second kappa shape index (κ2) is 9.70. The van der Waals surface area contributed by atoms with Gasteiger partial charge in [0.1, 0.15) is 12.3 Å². The van der Waals surface area contributed by atoms with Gasteiger partial charge in [-0.25, -0.2) is 8.42 Å². The predicted octanol–water partition coefficient (Wildman–Crippen LogP) is 4.47. The molecule has 0 bridgehead atoms. The van der Waals surface area contributed by atoms with E-state index in [4.69, 9.17) is 4.74 Å². The number of aromatic nitrogens is 1. The Bertz CT molecular complexity index is 1350. The number of carbonyl (C=O) groups excluding carboxylic acids is 1. The van der Waals surface area contributed by atoms with Crippen molar-refractivity contribution in [3.63, 3.8) is 0 Å². The van der Waals surface area contributed by atoms with Crippen molar-refractivity contribution in [3.05, 3.63) is 91.1 Å². The van der Waals surface area contributed by atoms with Crippen molar-refractivity contribution in [1.82, 2.24) is 4.98 Å². The fourth-order valence-corrected chi connectivity index (χ4v) is 4.88. The number of rotatable bonds is 8. The van der Waals surface area contributed by atoms with Gasteiger partial charge in [-0.15, -0.1) is 0 Å².